The van der Waals surface area contributed by atoms with Crippen LogP contribution in [-0.4, -0.2) is 32.3 Å². The number of aromatic nitrogens is 1. The van der Waals surface area contributed by atoms with Crippen LogP contribution in [0.3, 0.4) is 0 Å². The molecule has 0 saturated carbocycles. The Morgan fingerprint density at radius 2 is 1.96 bits per heavy atom. The average Bonchev–Trinajstić information content (AvgIpc) is 2.67. The summed E-state index contributed by atoms with van der Waals surface area (Å²) in [6.07, 6.45) is 2.28. The van der Waals surface area contributed by atoms with E-state index in [2.05, 4.69) is 11.0 Å². The van der Waals surface area contributed by atoms with Gasteiger partial charge in [0.1, 0.15) is 17.6 Å². The fraction of sp³-hybridized carbons (Fsp3) is 0.400. The van der Waals surface area contributed by atoms with Crippen LogP contribution in [0, 0.1) is 18.3 Å². The van der Waals surface area contributed by atoms with Gasteiger partial charge >= 0.3 is 0 Å². The van der Waals surface area contributed by atoms with Crippen LogP contribution in [0.4, 0.5) is 5.69 Å². The van der Waals surface area contributed by atoms with Crippen LogP contribution in [0.1, 0.15) is 35.7 Å². The van der Waals surface area contributed by atoms with Crippen molar-refractivity contribution in [2.45, 2.75) is 25.7 Å². The zero-order valence-electron chi connectivity index (χ0n) is 14.8. The third kappa shape index (κ3) is 2.32. The standard InChI is InChI=1S/C20H21N3O2/c1-12-16(11-21)18(15-10-14(24-2)4-5-17(15)25-3)20-19(22-12)13-6-8-23(20)9-7-13/h4-5,10,13H,6-9H2,1-3H3. The van der Waals surface area contributed by atoms with E-state index in [-0.39, 0.29) is 0 Å². The van der Waals surface area contributed by atoms with Crippen LogP contribution in [-0.2, 0) is 0 Å². The van der Waals surface area contributed by atoms with Gasteiger partial charge in [0.05, 0.1) is 36.9 Å². The summed E-state index contributed by atoms with van der Waals surface area (Å²) in [4.78, 5) is 7.19. The Labute approximate surface area is 147 Å². The van der Waals surface area contributed by atoms with Crippen molar-refractivity contribution in [1.29, 1.82) is 5.26 Å². The summed E-state index contributed by atoms with van der Waals surface area (Å²) in [6.45, 7) is 3.96. The van der Waals surface area contributed by atoms with E-state index >= 15 is 0 Å². The quantitative estimate of drug-likeness (QED) is 0.857. The molecule has 0 N–H and O–H groups in total. The highest BCUT2D eigenvalue weighted by molar-refractivity contribution is 5.90. The number of fused-ring (bicyclic) bond motifs is 2. The highest BCUT2D eigenvalue weighted by atomic mass is 16.5. The predicted octanol–water partition coefficient (Wildman–Crippen LogP) is 3.64. The van der Waals surface area contributed by atoms with E-state index in [1.54, 1.807) is 14.2 Å². The van der Waals surface area contributed by atoms with Gasteiger partial charge in [0.15, 0.2) is 0 Å². The summed E-state index contributed by atoms with van der Waals surface area (Å²) in [7, 11) is 3.31. The zero-order valence-corrected chi connectivity index (χ0v) is 14.8. The summed E-state index contributed by atoms with van der Waals surface area (Å²) >= 11 is 0. The van der Waals surface area contributed by atoms with E-state index in [1.807, 2.05) is 25.1 Å². The van der Waals surface area contributed by atoms with Gasteiger partial charge in [0.25, 0.3) is 0 Å². The van der Waals surface area contributed by atoms with Crippen molar-refractivity contribution in [3.8, 4) is 28.7 Å². The number of benzene rings is 1. The molecule has 0 aliphatic carbocycles. The molecule has 0 amide bonds. The fourth-order valence-corrected chi connectivity index (χ4v) is 4.11. The molecule has 5 nitrogen and oxygen atoms in total. The molecule has 4 heterocycles. The first-order valence-corrected chi connectivity index (χ1v) is 8.59. The number of nitrogens with zero attached hydrogens (tertiary/aromatic N) is 3. The number of methoxy groups -OCH3 is 2. The molecule has 0 unspecified atom stereocenters. The number of anilines is 1. The normalized spacial score (nSPS) is 15.7. The SMILES string of the molecule is COc1ccc(OC)c(-c2c(C#N)c(C)nc3c2N2CCC3CC2)c1. The van der Waals surface area contributed by atoms with Crippen molar-refractivity contribution in [3.05, 3.63) is 35.2 Å². The summed E-state index contributed by atoms with van der Waals surface area (Å²) in [5, 5.41) is 9.84. The monoisotopic (exact) mass is 335 g/mol. The molecule has 0 atom stereocenters. The van der Waals surface area contributed by atoms with Gasteiger partial charge in [-0.25, -0.2) is 0 Å². The van der Waals surface area contributed by atoms with Crippen LogP contribution in [0.15, 0.2) is 18.2 Å². The van der Waals surface area contributed by atoms with Gasteiger partial charge in [-0.15, -0.1) is 0 Å². The first-order chi connectivity index (χ1) is 12.2. The Bertz CT molecular complexity index is 877. The molecule has 5 rings (SSSR count). The maximum atomic E-state index is 9.84. The summed E-state index contributed by atoms with van der Waals surface area (Å²) in [5.74, 6) is 1.98. The Hall–Kier alpha value is -2.74. The van der Waals surface area contributed by atoms with Gasteiger partial charge in [-0.05, 0) is 38.0 Å². The van der Waals surface area contributed by atoms with Crippen LogP contribution < -0.4 is 14.4 Å². The van der Waals surface area contributed by atoms with Crippen molar-refractivity contribution >= 4 is 5.69 Å². The Morgan fingerprint density at radius 3 is 2.60 bits per heavy atom. The summed E-state index contributed by atoms with van der Waals surface area (Å²) < 4.78 is 11.0. The minimum absolute atomic E-state index is 0.488. The second kappa shape index (κ2) is 5.96. The molecule has 25 heavy (non-hydrogen) atoms. The second-order valence-corrected chi connectivity index (χ2v) is 6.62. The lowest BCUT2D eigenvalue weighted by molar-refractivity contribution is 0.404. The van der Waals surface area contributed by atoms with E-state index in [0.717, 1.165) is 65.6 Å². The number of hydrogen-bond donors (Lipinski definition) is 0. The van der Waals surface area contributed by atoms with E-state index < -0.39 is 0 Å². The van der Waals surface area contributed by atoms with Gasteiger partial charge in [-0.2, -0.15) is 5.26 Å². The molecule has 2 aromatic rings. The number of aryl methyl sites for hydroxylation is 1. The number of hydrogen-bond acceptors (Lipinski definition) is 5. The van der Waals surface area contributed by atoms with Crippen molar-refractivity contribution < 1.29 is 9.47 Å². The fourth-order valence-electron chi connectivity index (χ4n) is 4.11. The predicted molar refractivity (Wildman–Crippen MR) is 96.4 cm³/mol. The molecular weight excluding hydrogens is 314 g/mol. The lowest BCUT2D eigenvalue weighted by atomic mass is 9.82. The van der Waals surface area contributed by atoms with E-state index in [4.69, 9.17) is 14.5 Å². The number of ether oxygens (including phenoxy) is 2. The van der Waals surface area contributed by atoms with Gasteiger partial charge in [-0.3, -0.25) is 4.98 Å². The first kappa shape index (κ1) is 15.8. The number of pyridine rings is 1. The van der Waals surface area contributed by atoms with Gasteiger partial charge in [0.2, 0.25) is 0 Å². The Balaban J connectivity index is 2.07. The van der Waals surface area contributed by atoms with Crippen LogP contribution in [0.5, 0.6) is 11.5 Å². The summed E-state index contributed by atoms with van der Waals surface area (Å²) in [5.41, 5.74) is 5.48. The molecular formula is C20H21N3O2. The molecule has 3 aliphatic rings. The van der Waals surface area contributed by atoms with Crippen LogP contribution >= 0.6 is 0 Å². The highest BCUT2D eigenvalue weighted by Gasteiger charge is 2.36. The van der Waals surface area contributed by atoms with Crippen molar-refractivity contribution in [2.75, 3.05) is 32.2 Å². The van der Waals surface area contributed by atoms with Gasteiger partial charge < -0.3 is 14.4 Å². The average molecular weight is 335 g/mol. The largest absolute Gasteiger partial charge is 0.497 e. The molecule has 0 spiro atoms. The Morgan fingerprint density at radius 1 is 1.20 bits per heavy atom. The maximum Gasteiger partial charge on any atom is 0.127 e. The topological polar surface area (TPSA) is 58.4 Å². The van der Waals surface area contributed by atoms with Crippen molar-refractivity contribution in [1.82, 2.24) is 4.98 Å². The maximum absolute atomic E-state index is 9.84. The van der Waals surface area contributed by atoms with Crippen molar-refractivity contribution in [2.24, 2.45) is 0 Å². The van der Waals surface area contributed by atoms with Gasteiger partial charge in [-0.1, -0.05) is 0 Å². The number of nitriles is 1. The van der Waals surface area contributed by atoms with Crippen LogP contribution in [0.2, 0.25) is 0 Å². The highest BCUT2D eigenvalue weighted by Crippen LogP contribution is 2.50. The first-order valence-electron chi connectivity index (χ1n) is 8.59. The Kier molecular flexibility index (Phi) is 3.76. The summed E-state index contributed by atoms with van der Waals surface area (Å²) in [6, 6.07) is 8.10. The van der Waals surface area contributed by atoms with E-state index in [0.29, 0.717) is 11.5 Å². The molecule has 1 saturated heterocycles. The second-order valence-electron chi connectivity index (χ2n) is 6.62. The molecule has 128 valence electrons. The molecule has 1 aromatic heterocycles. The molecule has 2 bridgehead atoms. The number of piperidine rings is 1. The smallest absolute Gasteiger partial charge is 0.127 e. The van der Waals surface area contributed by atoms with E-state index in [1.165, 1.54) is 0 Å². The molecule has 1 fully saturated rings. The van der Waals surface area contributed by atoms with Crippen molar-refractivity contribution in [3.63, 3.8) is 0 Å². The van der Waals surface area contributed by atoms with Crippen LogP contribution in [0.25, 0.3) is 11.1 Å². The lowest BCUT2D eigenvalue weighted by Crippen LogP contribution is -2.40. The van der Waals surface area contributed by atoms with E-state index in [9.17, 15) is 5.26 Å². The molecule has 5 heteroatoms. The molecule has 0 radical (unpaired) electrons. The lowest BCUT2D eigenvalue weighted by Gasteiger charge is -2.43. The molecule has 3 aliphatic heterocycles. The molecule has 1 aromatic carbocycles. The zero-order chi connectivity index (χ0) is 17.6. The number of rotatable bonds is 3. The minimum atomic E-state index is 0.488. The minimum Gasteiger partial charge on any atom is -0.497 e. The third-order valence-corrected chi connectivity index (χ3v) is 5.37. The van der Waals surface area contributed by atoms with Gasteiger partial charge in [0, 0.05) is 30.1 Å². The third-order valence-electron chi connectivity index (χ3n) is 5.37.